The Morgan fingerprint density at radius 3 is 2.59 bits per heavy atom. The Bertz CT molecular complexity index is 465. The maximum absolute atomic E-state index is 10.5. The number of carboxylic acid groups (broad SMARTS) is 1. The molecule has 0 heterocycles. The average molecular weight is 237 g/mol. The smallest absolute Gasteiger partial charge is 0.335 e. The van der Waals surface area contributed by atoms with Gasteiger partial charge in [-0.05, 0) is 18.2 Å². The molecule has 90 valence electrons. The van der Waals surface area contributed by atoms with Crippen molar-refractivity contribution in [3.05, 3.63) is 29.3 Å². The van der Waals surface area contributed by atoms with Crippen LogP contribution >= 0.6 is 0 Å². The van der Waals surface area contributed by atoms with Gasteiger partial charge in [-0.2, -0.15) is 5.26 Å². The van der Waals surface area contributed by atoms with Gasteiger partial charge in [0.15, 0.2) is 6.10 Å². The van der Waals surface area contributed by atoms with Crippen molar-refractivity contribution in [1.29, 1.82) is 5.26 Å². The Morgan fingerprint density at radius 1 is 1.47 bits per heavy atom. The van der Waals surface area contributed by atoms with E-state index in [9.17, 15) is 15.0 Å². The standard InChI is InChI=1S/C11H11NO5/c1-17-7-3-2-6(5-12)8(4-7)9(13)10(14)11(15)16/h2-4,9-10,13-14H,1H3,(H,15,16). The molecule has 0 aliphatic heterocycles. The van der Waals surface area contributed by atoms with Gasteiger partial charge in [-0.25, -0.2) is 4.79 Å². The fraction of sp³-hybridized carbons (Fsp3) is 0.273. The van der Waals surface area contributed by atoms with Crippen molar-refractivity contribution < 1.29 is 24.9 Å². The van der Waals surface area contributed by atoms with Gasteiger partial charge in [-0.3, -0.25) is 0 Å². The minimum Gasteiger partial charge on any atom is -0.497 e. The minimum absolute atomic E-state index is 0.0155. The number of aliphatic hydroxyl groups is 2. The number of hydrogen-bond donors (Lipinski definition) is 3. The van der Waals surface area contributed by atoms with Gasteiger partial charge in [-0.1, -0.05) is 0 Å². The van der Waals surface area contributed by atoms with Crippen LogP contribution in [0.4, 0.5) is 0 Å². The number of aliphatic hydroxyl groups excluding tert-OH is 2. The van der Waals surface area contributed by atoms with Gasteiger partial charge < -0.3 is 20.1 Å². The highest BCUT2D eigenvalue weighted by Gasteiger charge is 2.27. The summed E-state index contributed by atoms with van der Waals surface area (Å²) in [5, 5.41) is 36.3. The summed E-state index contributed by atoms with van der Waals surface area (Å²) in [5.74, 6) is -1.21. The first-order chi connectivity index (χ1) is 8.01. The number of hydrogen-bond acceptors (Lipinski definition) is 5. The third-order valence-corrected chi connectivity index (χ3v) is 2.25. The van der Waals surface area contributed by atoms with Crippen LogP contribution in [-0.4, -0.2) is 34.5 Å². The molecule has 0 aliphatic carbocycles. The molecule has 6 nitrogen and oxygen atoms in total. The number of nitrogens with zero attached hydrogens (tertiary/aromatic N) is 1. The highest BCUT2D eigenvalue weighted by atomic mass is 16.5. The molecule has 0 saturated carbocycles. The Hall–Kier alpha value is -2.10. The Morgan fingerprint density at radius 2 is 2.12 bits per heavy atom. The normalized spacial score (nSPS) is 13.5. The average Bonchev–Trinajstić information content (AvgIpc) is 2.35. The van der Waals surface area contributed by atoms with E-state index in [0.29, 0.717) is 5.75 Å². The monoisotopic (exact) mass is 237 g/mol. The van der Waals surface area contributed by atoms with Crippen LogP contribution in [0.25, 0.3) is 0 Å². The second-order valence-corrected chi connectivity index (χ2v) is 3.29. The van der Waals surface area contributed by atoms with Gasteiger partial charge in [0.05, 0.1) is 18.7 Å². The summed E-state index contributed by atoms with van der Waals surface area (Å²) in [6.45, 7) is 0. The SMILES string of the molecule is COc1ccc(C#N)c(C(O)C(O)C(=O)O)c1. The van der Waals surface area contributed by atoms with Gasteiger partial charge in [-0.15, -0.1) is 0 Å². The number of carboxylic acids is 1. The van der Waals surface area contributed by atoms with Crippen LogP contribution in [0, 0.1) is 11.3 Å². The third-order valence-electron chi connectivity index (χ3n) is 2.25. The summed E-state index contributed by atoms with van der Waals surface area (Å²) in [7, 11) is 1.39. The van der Waals surface area contributed by atoms with Crippen LogP contribution in [0.1, 0.15) is 17.2 Å². The van der Waals surface area contributed by atoms with Crippen molar-refractivity contribution in [2.24, 2.45) is 0 Å². The van der Waals surface area contributed by atoms with Crippen LogP contribution in [0.15, 0.2) is 18.2 Å². The molecule has 0 aliphatic rings. The fourth-order valence-electron chi connectivity index (χ4n) is 1.32. The van der Waals surface area contributed by atoms with E-state index < -0.39 is 18.2 Å². The van der Waals surface area contributed by atoms with Crippen molar-refractivity contribution in [3.63, 3.8) is 0 Å². The summed E-state index contributed by atoms with van der Waals surface area (Å²) in [6, 6.07) is 6.00. The van der Waals surface area contributed by atoms with Crippen LogP contribution in [-0.2, 0) is 4.79 Å². The molecule has 3 N–H and O–H groups in total. The number of benzene rings is 1. The molecule has 2 atom stereocenters. The van der Waals surface area contributed by atoms with E-state index in [1.807, 2.05) is 0 Å². The predicted octanol–water partition coefficient (Wildman–Crippen LogP) is 0.0458. The van der Waals surface area contributed by atoms with Crippen molar-refractivity contribution >= 4 is 5.97 Å². The first-order valence-electron chi connectivity index (χ1n) is 4.68. The topological polar surface area (TPSA) is 111 Å². The molecule has 0 spiro atoms. The lowest BCUT2D eigenvalue weighted by Crippen LogP contribution is -2.28. The van der Waals surface area contributed by atoms with E-state index in [0.717, 1.165) is 0 Å². The number of ether oxygens (including phenoxy) is 1. The maximum atomic E-state index is 10.5. The van der Waals surface area contributed by atoms with Gasteiger partial charge >= 0.3 is 5.97 Å². The Balaban J connectivity index is 3.19. The molecule has 0 amide bonds. The minimum atomic E-state index is -1.99. The van der Waals surface area contributed by atoms with E-state index in [1.54, 1.807) is 6.07 Å². The highest BCUT2D eigenvalue weighted by Crippen LogP contribution is 2.25. The van der Waals surface area contributed by atoms with Crippen molar-refractivity contribution in [1.82, 2.24) is 0 Å². The van der Waals surface area contributed by atoms with Gasteiger partial charge in [0.25, 0.3) is 0 Å². The molecule has 0 aromatic heterocycles. The predicted molar refractivity (Wildman–Crippen MR) is 56.3 cm³/mol. The summed E-state index contributed by atoms with van der Waals surface area (Å²) in [5.41, 5.74) is 0.0975. The number of carbonyl (C=O) groups is 1. The quantitative estimate of drug-likeness (QED) is 0.682. The van der Waals surface area contributed by atoms with Gasteiger partial charge in [0, 0.05) is 5.56 Å². The number of methoxy groups -OCH3 is 1. The van der Waals surface area contributed by atoms with E-state index >= 15 is 0 Å². The van der Waals surface area contributed by atoms with Gasteiger partial charge in [0.2, 0.25) is 0 Å². The van der Waals surface area contributed by atoms with Crippen molar-refractivity contribution in [3.8, 4) is 11.8 Å². The molecular weight excluding hydrogens is 226 g/mol. The largest absolute Gasteiger partial charge is 0.497 e. The lowest BCUT2D eigenvalue weighted by molar-refractivity contribution is -0.153. The molecule has 0 bridgehead atoms. The summed E-state index contributed by atoms with van der Waals surface area (Å²) in [6.07, 6.45) is -3.67. The zero-order valence-electron chi connectivity index (χ0n) is 8.99. The summed E-state index contributed by atoms with van der Waals surface area (Å²) >= 11 is 0. The molecule has 1 aromatic carbocycles. The van der Waals surface area contributed by atoms with Crippen LogP contribution in [0.2, 0.25) is 0 Å². The molecule has 0 fully saturated rings. The van der Waals surface area contributed by atoms with E-state index in [2.05, 4.69) is 0 Å². The van der Waals surface area contributed by atoms with E-state index in [-0.39, 0.29) is 11.1 Å². The molecule has 0 saturated heterocycles. The highest BCUT2D eigenvalue weighted by molar-refractivity contribution is 5.73. The molecule has 17 heavy (non-hydrogen) atoms. The molecule has 1 aromatic rings. The molecule has 0 radical (unpaired) electrons. The number of rotatable bonds is 4. The molecule has 2 unspecified atom stereocenters. The summed E-state index contributed by atoms with van der Waals surface area (Å²) in [4.78, 5) is 10.5. The van der Waals surface area contributed by atoms with Gasteiger partial charge in [0.1, 0.15) is 11.9 Å². The van der Waals surface area contributed by atoms with E-state index in [1.165, 1.54) is 25.3 Å². The second kappa shape index (κ2) is 5.30. The van der Waals surface area contributed by atoms with E-state index in [4.69, 9.17) is 15.1 Å². The number of nitriles is 1. The van der Waals surface area contributed by atoms with Crippen LogP contribution < -0.4 is 4.74 Å². The number of aliphatic carboxylic acids is 1. The van der Waals surface area contributed by atoms with Crippen molar-refractivity contribution in [2.75, 3.05) is 7.11 Å². The van der Waals surface area contributed by atoms with Crippen LogP contribution in [0.3, 0.4) is 0 Å². The zero-order valence-corrected chi connectivity index (χ0v) is 8.99. The summed E-state index contributed by atoms with van der Waals surface area (Å²) < 4.78 is 4.90. The third kappa shape index (κ3) is 2.72. The lowest BCUT2D eigenvalue weighted by atomic mass is 9.99. The first kappa shape index (κ1) is 13.0. The Labute approximate surface area is 97.3 Å². The fourth-order valence-corrected chi connectivity index (χ4v) is 1.32. The molecule has 6 heteroatoms. The van der Waals surface area contributed by atoms with Crippen LogP contribution in [0.5, 0.6) is 5.75 Å². The lowest BCUT2D eigenvalue weighted by Gasteiger charge is -2.16. The maximum Gasteiger partial charge on any atom is 0.335 e. The Kier molecular flexibility index (Phi) is 4.04. The van der Waals surface area contributed by atoms with Crippen molar-refractivity contribution in [2.45, 2.75) is 12.2 Å². The zero-order chi connectivity index (χ0) is 13.0. The molecular formula is C11H11NO5. The molecule has 1 rings (SSSR count). The first-order valence-corrected chi connectivity index (χ1v) is 4.68. The second-order valence-electron chi connectivity index (χ2n) is 3.29.